The van der Waals surface area contributed by atoms with Gasteiger partial charge in [-0.15, -0.1) is 0 Å². The van der Waals surface area contributed by atoms with E-state index in [0.29, 0.717) is 5.88 Å². The van der Waals surface area contributed by atoms with E-state index in [1.807, 2.05) is 42.5 Å². The Labute approximate surface area is 115 Å². The van der Waals surface area contributed by atoms with E-state index in [2.05, 4.69) is 33.2 Å². The van der Waals surface area contributed by atoms with Crippen molar-refractivity contribution in [3.05, 3.63) is 52.6 Å². The second kappa shape index (κ2) is 6.52. The zero-order chi connectivity index (χ0) is 12.8. The minimum Gasteiger partial charge on any atom is -0.439 e. The zero-order valence-electron chi connectivity index (χ0n) is 10.2. The number of hydrogen-bond acceptors (Lipinski definition) is 3. The van der Waals surface area contributed by atoms with Crippen molar-refractivity contribution in [2.45, 2.75) is 13.5 Å². The number of aromatic nitrogens is 1. The van der Waals surface area contributed by atoms with E-state index in [-0.39, 0.29) is 0 Å². The number of halogens is 1. The highest BCUT2D eigenvalue weighted by Gasteiger charge is 2.00. The number of nitrogens with one attached hydrogen (secondary N) is 1. The van der Waals surface area contributed by atoms with Gasteiger partial charge in [-0.3, -0.25) is 0 Å². The summed E-state index contributed by atoms with van der Waals surface area (Å²) in [5, 5.41) is 3.24. The molecule has 0 amide bonds. The smallest absolute Gasteiger partial charge is 0.219 e. The Balaban J connectivity index is 2.06. The van der Waals surface area contributed by atoms with E-state index in [1.165, 1.54) is 0 Å². The maximum Gasteiger partial charge on any atom is 0.219 e. The van der Waals surface area contributed by atoms with E-state index in [0.717, 1.165) is 29.0 Å². The summed E-state index contributed by atoms with van der Waals surface area (Å²) in [6.45, 7) is 3.76. The topological polar surface area (TPSA) is 34.1 Å². The molecule has 0 aliphatic carbocycles. The average Bonchev–Trinajstić information content (AvgIpc) is 2.40. The van der Waals surface area contributed by atoms with Crippen molar-refractivity contribution >= 4 is 15.9 Å². The SMILES string of the molecule is CCNCc1cccc(Oc2ccc(Br)cc2)n1. The molecule has 1 aromatic heterocycles. The summed E-state index contributed by atoms with van der Waals surface area (Å²) in [5.74, 6) is 1.40. The molecule has 18 heavy (non-hydrogen) atoms. The van der Waals surface area contributed by atoms with Gasteiger partial charge in [0.05, 0.1) is 5.69 Å². The quantitative estimate of drug-likeness (QED) is 0.913. The summed E-state index contributed by atoms with van der Waals surface area (Å²) >= 11 is 3.39. The van der Waals surface area contributed by atoms with Crippen LogP contribution in [-0.4, -0.2) is 11.5 Å². The van der Waals surface area contributed by atoms with E-state index in [9.17, 15) is 0 Å². The van der Waals surface area contributed by atoms with Gasteiger partial charge in [0.1, 0.15) is 5.75 Å². The lowest BCUT2D eigenvalue weighted by molar-refractivity contribution is 0.459. The lowest BCUT2D eigenvalue weighted by atomic mass is 10.3. The first-order valence-electron chi connectivity index (χ1n) is 5.88. The maximum atomic E-state index is 5.69. The Morgan fingerprint density at radius 1 is 1.17 bits per heavy atom. The van der Waals surface area contributed by atoms with Gasteiger partial charge in [0.15, 0.2) is 0 Å². The lowest BCUT2D eigenvalue weighted by Crippen LogP contribution is -2.12. The molecule has 0 saturated heterocycles. The average molecular weight is 307 g/mol. The summed E-state index contributed by atoms with van der Waals surface area (Å²) in [4.78, 5) is 4.43. The Morgan fingerprint density at radius 2 is 1.94 bits per heavy atom. The second-order valence-corrected chi connectivity index (χ2v) is 4.72. The molecular weight excluding hydrogens is 292 g/mol. The molecule has 2 rings (SSSR count). The number of benzene rings is 1. The lowest BCUT2D eigenvalue weighted by Gasteiger charge is -2.07. The summed E-state index contributed by atoms with van der Waals surface area (Å²) < 4.78 is 6.73. The first-order valence-corrected chi connectivity index (χ1v) is 6.67. The summed E-state index contributed by atoms with van der Waals surface area (Å²) in [7, 11) is 0. The Hall–Kier alpha value is -1.39. The van der Waals surface area contributed by atoms with Crippen LogP contribution in [0.2, 0.25) is 0 Å². The van der Waals surface area contributed by atoms with Gasteiger partial charge < -0.3 is 10.1 Å². The molecule has 1 aromatic carbocycles. The molecule has 1 N–H and O–H groups in total. The van der Waals surface area contributed by atoms with Crippen molar-refractivity contribution in [2.24, 2.45) is 0 Å². The molecule has 2 aromatic rings. The van der Waals surface area contributed by atoms with Gasteiger partial charge in [0.2, 0.25) is 5.88 Å². The molecule has 0 radical (unpaired) electrons. The van der Waals surface area contributed by atoms with Crippen LogP contribution >= 0.6 is 15.9 Å². The molecule has 0 fully saturated rings. The molecule has 3 nitrogen and oxygen atoms in total. The first kappa shape index (κ1) is 13.1. The van der Waals surface area contributed by atoms with E-state index >= 15 is 0 Å². The fraction of sp³-hybridized carbons (Fsp3) is 0.214. The van der Waals surface area contributed by atoms with Crippen LogP contribution in [0.1, 0.15) is 12.6 Å². The maximum absolute atomic E-state index is 5.69. The van der Waals surface area contributed by atoms with Crippen molar-refractivity contribution < 1.29 is 4.74 Å². The minimum atomic E-state index is 0.618. The normalized spacial score (nSPS) is 10.3. The van der Waals surface area contributed by atoms with E-state index < -0.39 is 0 Å². The van der Waals surface area contributed by atoms with Crippen molar-refractivity contribution in [1.29, 1.82) is 0 Å². The largest absolute Gasteiger partial charge is 0.439 e. The third-order valence-electron chi connectivity index (χ3n) is 2.37. The van der Waals surface area contributed by atoms with Crippen molar-refractivity contribution in [3.63, 3.8) is 0 Å². The van der Waals surface area contributed by atoms with Crippen LogP contribution in [0.3, 0.4) is 0 Å². The standard InChI is InChI=1S/C14H15BrN2O/c1-2-16-10-12-4-3-5-14(17-12)18-13-8-6-11(15)7-9-13/h3-9,16H,2,10H2,1H3. The number of rotatable bonds is 5. The van der Waals surface area contributed by atoms with Crippen molar-refractivity contribution in [1.82, 2.24) is 10.3 Å². The molecule has 0 bridgehead atoms. The van der Waals surface area contributed by atoms with Crippen LogP contribution in [0.4, 0.5) is 0 Å². The van der Waals surface area contributed by atoms with Gasteiger partial charge >= 0.3 is 0 Å². The first-order chi connectivity index (χ1) is 8.78. The fourth-order valence-corrected chi connectivity index (χ4v) is 1.75. The predicted molar refractivity (Wildman–Crippen MR) is 75.8 cm³/mol. The number of nitrogens with zero attached hydrogens (tertiary/aromatic N) is 1. The third kappa shape index (κ3) is 3.82. The molecule has 4 heteroatoms. The van der Waals surface area contributed by atoms with Crippen molar-refractivity contribution in [2.75, 3.05) is 6.54 Å². The molecule has 94 valence electrons. The highest BCUT2D eigenvalue weighted by atomic mass is 79.9. The predicted octanol–water partition coefficient (Wildman–Crippen LogP) is 3.75. The van der Waals surface area contributed by atoms with Crippen LogP contribution in [0.5, 0.6) is 11.6 Å². The van der Waals surface area contributed by atoms with Gasteiger partial charge in [-0.1, -0.05) is 28.9 Å². The second-order valence-electron chi connectivity index (χ2n) is 3.80. The number of ether oxygens (including phenoxy) is 1. The minimum absolute atomic E-state index is 0.618. The summed E-state index contributed by atoms with van der Waals surface area (Å²) in [6.07, 6.45) is 0. The summed E-state index contributed by atoms with van der Waals surface area (Å²) in [5.41, 5.74) is 0.978. The monoisotopic (exact) mass is 306 g/mol. The molecule has 0 aliphatic heterocycles. The van der Waals surface area contributed by atoms with Crippen LogP contribution in [0.25, 0.3) is 0 Å². The van der Waals surface area contributed by atoms with Crippen LogP contribution < -0.4 is 10.1 Å². The highest BCUT2D eigenvalue weighted by Crippen LogP contribution is 2.21. The molecule has 0 spiro atoms. The molecule has 0 saturated carbocycles. The van der Waals surface area contributed by atoms with Gasteiger partial charge in [0.25, 0.3) is 0 Å². The van der Waals surface area contributed by atoms with Gasteiger partial charge in [-0.2, -0.15) is 0 Å². The van der Waals surface area contributed by atoms with Crippen LogP contribution in [-0.2, 0) is 6.54 Å². The highest BCUT2D eigenvalue weighted by molar-refractivity contribution is 9.10. The van der Waals surface area contributed by atoms with Crippen molar-refractivity contribution in [3.8, 4) is 11.6 Å². The Bertz CT molecular complexity index is 499. The van der Waals surface area contributed by atoms with E-state index in [1.54, 1.807) is 0 Å². The van der Waals surface area contributed by atoms with Gasteiger partial charge in [0, 0.05) is 17.1 Å². The Kier molecular flexibility index (Phi) is 4.73. The van der Waals surface area contributed by atoms with E-state index in [4.69, 9.17) is 4.74 Å². The number of hydrogen-bond donors (Lipinski definition) is 1. The molecule has 0 aliphatic rings. The third-order valence-corrected chi connectivity index (χ3v) is 2.90. The zero-order valence-corrected chi connectivity index (χ0v) is 11.8. The molecule has 0 atom stereocenters. The van der Waals surface area contributed by atoms with Gasteiger partial charge in [-0.25, -0.2) is 4.98 Å². The number of pyridine rings is 1. The summed E-state index contributed by atoms with van der Waals surface area (Å²) in [6, 6.07) is 13.5. The fourth-order valence-electron chi connectivity index (χ4n) is 1.49. The van der Waals surface area contributed by atoms with Crippen LogP contribution in [0.15, 0.2) is 46.9 Å². The molecule has 1 heterocycles. The van der Waals surface area contributed by atoms with Crippen LogP contribution in [0, 0.1) is 0 Å². The molecular formula is C14H15BrN2O. The molecule has 0 unspecified atom stereocenters. The Morgan fingerprint density at radius 3 is 2.67 bits per heavy atom. The van der Waals surface area contributed by atoms with Gasteiger partial charge in [-0.05, 0) is 36.9 Å².